The van der Waals surface area contributed by atoms with Crippen molar-refractivity contribution < 1.29 is 14.1 Å². The highest BCUT2D eigenvalue weighted by Crippen LogP contribution is 2.12. The number of carbonyl (C=O) groups excluding carboxylic acids is 1. The van der Waals surface area contributed by atoms with E-state index in [1.54, 1.807) is 12.3 Å². The molecule has 128 valence electrons. The summed E-state index contributed by atoms with van der Waals surface area (Å²) in [6.07, 6.45) is 1.64. The Hall–Kier alpha value is -3.15. The van der Waals surface area contributed by atoms with E-state index in [1.807, 2.05) is 50.2 Å². The molecule has 0 aliphatic carbocycles. The van der Waals surface area contributed by atoms with E-state index >= 15 is 0 Å². The van der Waals surface area contributed by atoms with Crippen molar-refractivity contribution in [3.63, 3.8) is 0 Å². The molecule has 0 fully saturated rings. The number of hydrogen-bond donors (Lipinski definition) is 1. The van der Waals surface area contributed by atoms with Crippen LogP contribution in [-0.4, -0.2) is 16.0 Å². The number of pyridine rings is 1. The van der Waals surface area contributed by atoms with Crippen LogP contribution < -0.4 is 10.1 Å². The number of nitrogens with zero attached hydrogens (tertiary/aromatic N) is 2. The normalized spacial score (nSPS) is 10.5. The summed E-state index contributed by atoms with van der Waals surface area (Å²) in [5.41, 5.74) is 3.33. The molecule has 0 spiro atoms. The van der Waals surface area contributed by atoms with E-state index in [4.69, 9.17) is 9.26 Å². The lowest BCUT2D eigenvalue weighted by Crippen LogP contribution is -2.23. The number of rotatable bonds is 6. The Balaban J connectivity index is 1.53. The second-order valence-corrected chi connectivity index (χ2v) is 5.77. The second-order valence-electron chi connectivity index (χ2n) is 5.77. The lowest BCUT2D eigenvalue weighted by Gasteiger charge is -2.04. The van der Waals surface area contributed by atoms with Crippen molar-refractivity contribution in [2.45, 2.75) is 27.0 Å². The number of nitrogens with one attached hydrogen (secondary N) is 1. The van der Waals surface area contributed by atoms with Crippen LogP contribution in [0.25, 0.3) is 0 Å². The second kappa shape index (κ2) is 7.61. The Morgan fingerprint density at radius 1 is 1.20 bits per heavy atom. The fourth-order valence-corrected chi connectivity index (χ4v) is 2.28. The van der Waals surface area contributed by atoms with Gasteiger partial charge in [-0.05, 0) is 31.5 Å². The third-order valence-corrected chi connectivity index (χ3v) is 3.59. The maximum absolute atomic E-state index is 12.1. The molecule has 0 unspecified atom stereocenters. The Labute approximate surface area is 145 Å². The van der Waals surface area contributed by atoms with Crippen LogP contribution in [0.4, 0.5) is 0 Å². The molecule has 1 N–H and O–H groups in total. The van der Waals surface area contributed by atoms with Gasteiger partial charge in [0.15, 0.2) is 11.5 Å². The molecule has 0 saturated heterocycles. The summed E-state index contributed by atoms with van der Waals surface area (Å²) in [4.78, 5) is 16.3. The van der Waals surface area contributed by atoms with Crippen molar-refractivity contribution in [2.75, 3.05) is 0 Å². The number of aromatic nitrogens is 2. The zero-order valence-electron chi connectivity index (χ0n) is 14.2. The van der Waals surface area contributed by atoms with Gasteiger partial charge in [-0.1, -0.05) is 35.0 Å². The third-order valence-electron chi connectivity index (χ3n) is 3.59. The zero-order valence-corrected chi connectivity index (χ0v) is 14.2. The SMILES string of the molecule is Cc1cccc(CNC(=O)c2cc(COc3ccc(C)nc3)on2)c1. The summed E-state index contributed by atoms with van der Waals surface area (Å²) >= 11 is 0. The van der Waals surface area contributed by atoms with Crippen LogP contribution in [0.5, 0.6) is 5.75 Å². The highest BCUT2D eigenvalue weighted by Gasteiger charge is 2.12. The van der Waals surface area contributed by atoms with Crippen LogP contribution in [-0.2, 0) is 13.2 Å². The monoisotopic (exact) mass is 337 g/mol. The lowest BCUT2D eigenvalue weighted by molar-refractivity contribution is 0.0941. The highest BCUT2D eigenvalue weighted by molar-refractivity contribution is 5.92. The molecule has 2 aromatic heterocycles. The Bertz CT molecular complexity index is 856. The summed E-state index contributed by atoms with van der Waals surface area (Å²) in [6.45, 7) is 4.54. The summed E-state index contributed by atoms with van der Waals surface area (Å²) < 4.78 is 10.7. The van der Waals surface area contributed by atoms with E-state index in [0.29, 0.717) is 18.1 Å². The van der Waals surface area contributed by atoms with Crippen LogP contribution in [0.15, 0.2) is 53.2 Å². The molecule has 0 aliphatic heterocycles. The average Bonchev–Trinajstić information content (AvgIpc) is 3.08. The molecule has 1 aromatic carbocycles. The maximum Gasteiger partial charge on any atom is 0.273 e. The molecule has 0 radical (unpaired) electrons. The first kappa shape index (κ1) is 16.7. The number of amides is 1. The summed E-state index contributed by atoms with van der Waals surface area (Å²) in [5, 5.41) is 6.61. The number of benzene rings is 1. The highest BCUT2D eigenvalue weighted by atomic mass is 16.5. The lowest BCUT2D eigenvalue weighted by atomic mass is 10.1. The van der Waals surface area contributed by atoms with Crippen molar-refractivity contribution in [2.24, 2.45) is 0 Å². The van der Waals surface area contributed by atoms with E-state index in [1.165, 1.54) is 0 Å². The van der Waals surface area contributed by atoms with E-state index in [0.717, 1.165) is 16.8 Å². The van der Waals surface area contributed by atoms with Gasteiger partial charge in [-0.25, -0.2) is 0 Å². The number of aryl methyl sites for hydroxylation is 2. The van der Waals surface area contributed by atoms with Crippen LogP contribution in [0.2, 0.25) is 0 Å². The number of hydrogen-bond acceptors (Lipinski definition) is 5. The molecule has 3 rings (SSSR count). The minimum Gasteiger partial charge on any atom is -0.484 e. The molecule has 6 nitrogen and oxygen atoms in total. The van der Waals surface area contributed by atoms with Crippen LogP contribution in [0, 0.1) is 13.8 Å². The van der Waals surface area contributed by atoms with Gasteiger partial charge in [0, 0.05) is 18.3 Å². The fraction of sp³-hybridized carbons (Fsp3) is 0.211. The van der Waals surface area contributed by atoms with E-state index < -0.39 is 0 Å². The molecule has 0 saturated carbocycles. The molecule has 3 aromatic rings. The van der Waals surface area contributed by atoms with Gasteiger partial charge in [0.25, 0.3) is 5.91 Å². The molecule has 6 heteroatoms. The molecule has 0 aliphatic rings. The standard InChI is InChI=1S/C19H19N3O3/c1-13-4-3-5-15(8-13)10-21-19(23)18-9-17(25-22-18)12-24-16-7-6-14(2)20-11-16/h3-9,11H,10,12H2,1-2H3,(H,21,23). The maximum atomic E-state index is 12.1. The van der Waals surface area contributed by atoms with Gasteiger partial charge in [-0.2, -0.15) is 0 Å². The van der Waals surface area contributed by atoms with Crippen LogP contribution in [0.1, 0.15) is 33.1 Å². The summed E-state index contributed by atoms with van der Waals surface area (Å²) in [5.74, 6) is 0.822. The van der Waals surface area contributed by atoms with E-state index in [-0.39, 0.29) is 18.2 Å². The minimum atomic E-state index is -0.284. The Morgan fingerprint density at radius 3 is 2.84 bits per heavy atom. The van der Waals surface area contributed by atoms with Crippen molar-refractivity contribution in [3.8, 4) is 5.75 Å². The van der Waals surface area contributed by atoms with Gasteiger partial charge < -0.3 is 14.6 Å². The molecular formula is C19H19N3O3. The molecule has 0 bridgehead atoms. The average molecular weight is 337 g/mol. The molecule has 0 atom stereocenters. The van der Waals surface area contributed by atoms with Gasteiger partial charge in [0.05, 0.1) is 6.20 Å². The Kier molecular flexibility index (Phi) is 5.09. The van der Waals surface area contributed by atoms with Gasteiger partial charge in [0.1, 0.15) is 12.4 Å². The van der Waals surface area contributed by atoms with Gasteiger partial charge in [-0.15, -0.1) is 0 Å². The van der Waals surface area contributed by atoms with E-state index in [2.05, 4.69) is 15.5 Å². The van der Waals surface area contributed by atoms with Crippen molar-refractivity contribution in [1.29, 1.82) is 0 Å². The van der Waals surface area contributed by atoms with Crippen molar-refractivity contribution >= 4 is 5.91 Å². The predicted octanol–water partition coefficient (Wildman–Crippen LogP) is 3.20. The number of carbonyl (C=O) groups is 1. The third kappa shape index (κ3) is 4.67. The first-order valence-corrected chi connectivity index (χ1v) is 7.95. The first-order valence-electron chi connectivity index (χ1n) is 7.95. The zero-order chi connectivity index (χ0) is 17.6. The van der Waals surface area contributed by atoms with Gasteiger partial charge in [0.2, 0.25) is 0 Å². The molecular weight excluding hydrogens is 318 g/mol. The first-order chi connectivity index (χ1) is 12.1. The van der Waals surface area contributed by atoms with Crippen LogP contribution >= 0.6 is 0 Å². The van der Waals surface area contributed by atoms with Gasteiger partial charge >= 0.3 is 0 Å². The smallest absolute Gasteiger partial charge is 0.273 e. The largest absolute Gasteiger partial charge is 0.484 e. The molecule has 25 heavy (non-hydrogen) atoms. The Morgan fingerprint density at radius 2 is 2.08 bits per heavy atom. The predicted molar refractivity (Wildman–Crippen MR) is 92.2 cm³/mol. The summed E-state index contributed by atoms with van der Waals surface area (Å²) in [6, 6.07) is 13.2. The van der Waals surface area contributed by atoms with Crippen molar-refractivity contribution in [3.05, 3.63) is 76.9 Å². The quantitative estimate of drug-likeness (QED) is 0.747. The minimum absolute atomic E-state index is 0.183. The molecule has 2 heterocycles. The number of ether oxygens (including phenoxy) is 1. The topological polar surface area (TPSA) is 77.2 Å². The van der Waals surface area contributed by atoms with Crippen LogP contribution in [0.3, 0.4) is 0 Å². The fourth-order valence-electron chi connectivity index (χ4n) is 2.28. The van der Waals surface area contributed by atoms with E-state index in [9.17, 15) is 4.79 Å². The summed E-state index contributed by atoms with van der Waals surface area (Å²) in [7, 11) is 0. The van der Waals surface area contributed by atoms with Crippen molar-refractivity contribution in [1.82, 2.24) is 15.5 Å². The molecule has 1 amide bonds. The van der Waals surface area contributed by atoms with Gasteiger partial charge in [-0.3, -0.25) is 9.78 Å².